The molecule has 0 saturated heterocycles. The lowest BCUT2D eigenvalue weighted by Crippen LogP contribution is -2.10. The fourth-order valence-electron chi connectivity index (χ4n) is 1.97. The van der Waals surface area contributed by atoms with Crippen LogP contribution in [0.25, 0.3) is 10.9 Å². The Kier molecular flexibility index (Phi) is 2.68. The van der Waals surface area contributed by atoms with E-state index in [-0.39, 0.29) is 0 Å². The Morgan fingerprint density at radius 3 is 2.63 bits per heavy atom. The van der Waals surface area contributed by atoms with Crippen molar-refractivity contribution in [2.75, 3.05) is 5.73 Å². The first-order valence-corrected chi connectivity index (χ1v) is 5.88. The Labute approximate surface area is 109 Å². The highest BCUT2D eigenvalue weighted by molar-refractivity contribution is 5.98. The number of aromatic amines is 1. The van der Waals surface area contributed by atoms with Crippen molar-refractivity contribution in [3.05, 3.63) is 60.3 Å². The van der Waals surface area contributed by atoms with Crippen LogP contribution in [0.3, 0.4) is 0 Å². The SMILES string of the molecule is Nc1ccccc1C(=O)Oc1c[nH]c2ccccc12. The van der Waals surface area contributed by atoms with Crippen LogP contribution in [-0.4, -0.2) is 11.0 Å². The summed E-state index contributed by atoms with van der Waals surface area (Å²) in [5.41, 5.74) is 7.45. The van der Waals surface area contributed by atoms with Crippen molar-refractivity contribution >= 4 is 22.6 Å². The van der Waals surface area contributed by atoms with Crippen LogP contribution in [0.1, 0.15) is 10.4 Å². The topological polar surface area (TPSA) is 68.1 Å². The molecule has 3 aromatic rings. The number of aromatic nitrogens is 1. The van der Waals surface area contributed by atoms with Crippen LogP contribution in [0.2, 0.25) is 0 Å². The highest BCUT2D eigenvalue weighted by atomic mass is 16.5. The summed E-state index contributed by atoms with van der Waals surface area (Å²) in [6, 6.07) is 14.5. The van der Waals surface area contributed by atoms with E-state index in [4.69, 9.17) is 10.5 Å². The van der Waals surface area contributed by atoms with Gasteiger partial charge in [-0.15, -0.1) is 0 Å². The average molecular weight is 252 g/mol. The van der Waals surface area contributed by atoms with Gasteiger partial charge in [-0.1, -0.05) is 24.3 Å². The zero-order chi connectivity index (χ0) is 13.2. The quantitative estimate of drug-likeness (QED) is 0.544. The first kappa shape index (κ1) is 11.3. The van der Waals surface area contributed by atoms with E-state index in [1.54, 1.807) is 30.5 Å². The van der Waals surface area contributed by atoms with E-state index < -0.39 is 5.97 Å². The van der Waals surface area contributed by atoms with Crippen molar-refractivity contribution in [1.29, 1.82) is 0 Å². The molecule has 2 aromatic carbocycles. The smallest absolute Gasteiger partial charge is 0.345 e. The maximum Gasteiger partial charge on any atom is 0.345 e. The van der Waals surface area contributed by atoms with Crippen molar-refractivity contribution in [3.8, 4) is 5.75 Å². The Hall–Kier alpha value is -2.75. The third-order valence-corrected chi connectivity index (χ3v) is 2.93. The highest BCUT2D eigenvalue weighted by Crippen LogP contribution is 2.26. The number of H-pyrrole nitrogens is 1. The van der Waals surface area contributed by atoms with Gasteiger partial charge in [-0.05, 0) is 24.3 Å². The van der Waals surface area contributed by atoms with Gasteiger partial charge in [0.1, 0.15) is 0 Å². The highest BCUT2D eigenvalue weighted by Gasteiger charge is 2.13. The molecular weight excluding hydrogens is 240 g/mol. The molecule has 0 aliphatic carbocycles. The number of anilines is 1. The number of ether oxygens (including phenoxy) is 1. The number of para-hydroxylation sites is 2. The predicted octanol–water partition coefficient (Wildman–Crippen LogP) is 2.97. The molecule has 0 aliphatic heterocycles. The number of esters is 1. The number of hydrogen-bond donors (Lipinski definition) is 2. The minimum absolute atomic E-state index is 0.368. The van der Waals surface area contributed by atoms with Crippen molar-refractivity contribution in [2.24, 2.45) is 0 Å². The molecule has 0 unspecified atom stereocenters. The third kappa shape index (κ3) is 2.04. The maximum absolute atomic E-state index is 12.1. The monoisotopic (exact) mass is 252 g/mol. The fraction of sp³-hybridized carbons (Fsp3) is 0. The number of carbonyl (C=O) groups excluding carboxylic acids is 1. The van der Waals surface area contributed by atoms with Crippen LogP contribution in [0.4, 0.5) is 5.69 Å². The van der Waals surface area contributed by atoms with Crippen LogP contribution in [0.15, 0.2) is 54.7 Å². The van der Waals surface area contributed by atoms with Crippen LogP contribution in [0, 0.1) is 0 Å². The van der Waals surface area contributed by atoms with E-state index in [2.05, 4.69) is 4.98 Å². The van der Waals surface area contributed by atoms with Crippen molar-refractivity contribution in [3.63, 3.8) is 0 Å². The lowest BCUT2D eigenvalue weighted by atomic mass is 10.2. The second-order valence-corrected chi connectivity index (χ2v) is 4.18. The van der Waals surface area contributed by atoms with Gasteiger partial charge in [0.2, 0.25) is 0 Å². The number of nitrogens with two attached hydrogens (primary N) is 1. The average Bonchev–Trinajstić information content (AvgIpc) is 2.83. The molecule has 0 atom stereocenters. The molecule has 3 rings (SSSR count). The Balaban J connectivity index is 1.94. The number of benzene rings is 2. The third-order valence-electron chi connectivity index (χ3n) is 2.93. The van der Waals surface area contributed by atoms with Crippen LogP contribution in [0.5, 0.6) is 5.75 Å². The minimum atomic E-state index is -0.456. The van der Waals surface area contributed by atoms with Gasteiger partial charge in [-0.3, -0.25) is 0 Å². The lowest BCUT2D eigenvalue weighted by Gasteiger charge is -2.05. The molecule has 0 aliphatic rings. The summed E-state index contributed by atoms with van der Waals surface area (Å²) < 4.78 is 5.38. The molecule has 94 valence electrons. The standard InChI is InChI=1S/C15H12N2O2/c16-12-7-3-1-5-10(12)15(18)19-14-9-17-13-8-4-2-6-11(13)14/h1-9,17H,16H2. The predicted molar refractivity (Wildman–Crippen MR) is 74.1 cm³/mol. The number of rotatable bonds is 2. The first-order chi connectivity index (χ1) is 9.25. The molecule has 0 spiro atoms. The van der Waals surface area contributed by atoms with Crippen LogP contribution < -0.4 is 10.5 Å². The van der Waals surface area contributed by atoms with Gasteiger partial charge in [0.25, 0.3) is 0 Å². The van der Waals surface area contributed by atoms with Gasteiger partial charge < -0.3 is 15.5 Å². The number of hydrogen-bond acceptors (Lipinski definition) is 3. The Morgan fingerprint density at radius 2 is 1.79 bits per heavy atom. The van der Waals surface area contributed by atoms with E-state index in [9.17, 15) is 4.79 Å². The van der Waals surface area contributed by atoms with E-state index in [0.717, 1.165) is 10.9 Å². The summed E-state index contributed by atoms with van der Waals surface area (Å²) in [5.74, 6) is 0.0479. The normalized spacial score (nSPS) is 10.5. The Bertz CT molecular complexity index is 746. The lowest BCUT2D eigenvalue weighted by molar-refractivity contribution is 0.0738. The maximum atomic E-state index is 12.1. The number of nitrogens with one attached hydrogen (secondary N) is 1. The van der Waals surface area contributed by atoms with Crippen molar-refractivity contribution in [2.45, 2.75) is 0 Å². The number of carbonyl (C=O) groups is 1. The van der Waals surface area contributed by atoms with Crippen molar-refractivity contribution < 1.29 is 9.53 Å². The molecule has 0 radical (unpaired) electrons. The minimum Gasteiger partial charge on any atom is -0.421 e. The molecule has 0 amide bonds. The molecule has 1 heterocycles. The molecule has 19 heavy (non-hydrogen) atoms. The van der Waals surface area contributed by atoms with E-state index >= 15 is 0 Å². The molecule has 0 fully saturated rings. The molecule has 4 nitrogen and oxygen atoms in total. The summed E-state index contributed by atoms with van der Waals surface area (Å²) in [7, 11) is 0. The van der Waals surface area contributed by atoms with Gasteiger partial charge in [-0.2, -0.15) is 0 Å². The summed E-state index contributed by atoms with van der Waals surface area (Å²) in [5, 5.41) is 0.866. The van der Waals surface area contributed by atoms with Crippen LogP contribution in [-0.2, 0) is 0 Å². The zero-order valence-corrected chi connectivity index (χ0v) is 10.1. The van der Waals surface area contributed by atoms with E-state index in [1.165, 1.54) is 0 Å². The summed E-state index contributed by atoms with van der Waals surface area (Å²) in [6.07, 6.45) is 1.67. The van der Waals surface area contributed by atoms with Gasteiger partial charge in [0.05, 0.1) is 5.56 Å². The van der Waals surface area contributed by atoms with E-state index in [0.29, 0.717) is 17.0 Å². The van der Waals surface area contributed by atoms with Gasteiger partial charge in [-0.25, -0.2) is 4.79 Å². The van der Waals surface area contributed by atoms with Crippen LogP contribution >= 0.6 is 0 Å². The second kappa shape index (κ2) is 4.49. The zero-order valence-electron chi connectivity index (χ0n) is 10.1. The molecule has 1 aromatic heterocycles. The first-order valence-electron chi connectivity index (χ1n) is 5.88. The second-order valence-electron chi connectivity index (χ2n) is 4.18. The molecule has 4 heteroatoms. The van der Waals surface area contributed by atoms with Gasteiger partial charge in [0, 0.05) is 22.8 Å². The summed E-state index contributed by atoms with van der Waals surface area (Å²) >= 11 is 0. The fourth-order valence-corrected chi connectivity index (χ4v) is 1.97. The largest absolute Gasteiger partial charge is 0.421 e. The van der Waals surface area contributed by atoms with Gasteiger partial charge in [0.15, 0.2) is 5.75 Å². The van der Waals surface area contributed by atoms with E-state index in [1.807, 2.05) is 24.3 Å². The van der Waals surface area contributed by atoms with Crippen molar-refractivity contribution in [1.82, 2.24) is 4.98 Å². The van der Waals surface area contributed by atoms with Gasteiger partial charge >= 0.3 is 5.97 Å². The Morgan fingerprint density at radius 1 is 1.05 bits per heavy atom. The molecule has 3 N–H and O–H groups in total. The number of fused-ring (bicyclic) bond motifs is 1. The molecule has 0 bridgehead atoms. The molecule has 0 saturated carbocycles. The number of nitrogen functional groups attached to an aromatic ring is 1. The molecular formula is C15H12N2O2. The summed E-state index contributed by atoms with van der Waals surface area (Å²) in [4.78, 5) is 15.1. The summed E-state index contributed by atoms with van der Waals surface area (Å²) in [6.45, 7) is 0.